The van der Waals surface area contributed by atoms with E-state index < -0.39 is 6.04 Å². The van der Waals surface area contributed by atoms with Crippen LogP contribution in [-0.4, -0.2) is 22.7 Å². The van der Waals surface area contributed by atoms with Crippen LogP contribution in [0.1, 0.15) is 17.2 Å². The van der Waals surface area contributed by atoms with E-state index >= 15 is 0 Å². The Balaban J connectivity index is 2.11. The molecule has 0 bridgehead atoms. The Labute approximate surface area is 112 Å². The highest BCUT2D eigenvalue weighted by Crippen LogP contribution is 2.15. The summed E-state index contributed by atoms with van der Waals surface area (Å²) in [4.78, 5) is 12.2. The zero-order chi connectivity index (χ0) is 13.8. The summed E-state index contributed by atoms with van der Waals surface area (Å²) in [5.41, 5.74) is 2.80. The van der Waals surface area contributed by atoms with Crippen LogP contribution in [-0.2, 0) is 11.8 Å². The molecule has 100 valence electrons. The van der Waals surface area contributed by atoms with Gasteiger partial charge in [-0.25, -0.2) is 0 Å². The van der Waals surface area contributed by atoms with Crippen molar-refractivity contribution < 1.29 is 4.79 Å². The third-order valence-electron chi connectivity index (χ3n) is 2.93. The first-order chi connectivity index (χ1) is 9.10. The van der Waals surface area contributed by atoms with E-state index in [-0.39, 0.29) is 5.91 Å². The molecule has 0 saturated heterocycles. The molecule has 0 fully saturated rings. The summed E-state index contributed by atoms with van der Waals surface area (Å²) >= 11 is 0. The molecule has 2 rings (SSSR count). The summed E-state index contributed by atoms with van der Waals surface area (Å²) in [7, 11) is 3.58. The fraction of sp³-hybridized carbons (Fsp3) is 0.286. The number of hydrogen-bond acceptors (Lipinski definition) is 3. The Bertz CT molecular complexity index is 559. The van der Waals surface area contributed by atoms with Gasteiger partial charge >= 0.3 is 0 Å². The zero-order valence-electron chi connectivity index (χ0n) is 11.3. The molecule has 0 aliphatic carbocycles. The van der Waals surface area contributed by atoms with Crippen LogP contribution < -0.4 is 10.6 Å². The third-order valence-corrected chi connectivity index (χ3v) is 2.93. The van der Waals surface area contributed by atoms with Gasteiger partial charge in [-0.05, 0) is 26.1 Å². The van der Waals surface area contributed by atoms with E-state index in [2.05, 4.69) is 15.7 Å². The number of aryl methyl sites for hydroxylation is 2. The Morgan fingerprint density at radius 1 is 1.32 bits per heavy atom. The number of hydrogen-bond donors (Lipinski definition) is 2. The molecule has 1 heterocycles. The lowest BCUT2D eigenvalue weighted by molar-refractivity contribution is -0.118. The second-order valence-electron chi connectivity index (χ2n) is 4.52. The van der Waals surface area contributed by atoms with Crippen molar-refractivity contribution in [1.82, 2.24) is 15.1 Å². The average Bonchev–Trinajstić information content (AvgIpc) is 2.80. The Hall–Kier alpha value is -2.14. The summed E-state index contributed by atoms with van der Waals surface area (Å²) < 4.78 is 1.68. The number of benzene rings is 1. The number of nitrogens with one attached hydrogen (secondary N) is 2. The number of carbonyl (C=O) groups excluding carboxylic acids is 1. The lowest BCUT2D eigenvalue weighted by atomic mass is 10.1. The molecule has 1 amide bonds. The quantitative estimate of drug-likeness (QED) is 0.876. The molecule has 5 nitrogen and oxygen atoms in total. The molecule has 1 atom stereocenters. The van der Waals surface area contributed by atoms with Crippen LogP contribution in [0.25, 0.3) is 0 Å². The van der Waals surface area contributed by atoms with Crippen molar-refractivity contribution in [2.75, 3.05) is 12.4 Å². The van der Waals surface area contributed by atoms with Crippen molar-refractivity contribution in [1.29, 1.82) is 0 Å². The Morgan fingerprint density at radius 3 is 2.53 bits per heavy atom. The van der Waals surface area contributed by atoms with Crippen LogP contribution in [0.4, 0.5) is 5.69 Å². The molecule has 0 spiro atoms. The predicted octanol–water partition coefficient (Wildman–Crippen LogP) is 1.63. The second-order valence-corrected chi connectivity index (χ2v) is 4.52. The van der Waals surface area contributed by atoms with Crippen LogP contribution in [0.5, 0.6) is 0 Å². The fourth-order valence-corrected chi connectivity index (χ4v) is 1.89. The minimum absolute atomic E-state index is 0.0978. The first-order valence-corrected chi connectivity index (χ1v) is 6.13. The van der Waals surface area contributed by atoms with Crippen molar-refractivity contribution in [3.05, 3.63) is 47.8 Å². The van der Waals surface area contributed by atoms with Crippen LogP contribution >= 0.6 is 0 Å². The molecular formula is C14H18N4O. The third kappa shape index (κ3) is 3.20. The van der Waals surface area contributed by atoms with E-state index in [1.54, 1.807) is 17.9 Å². The summed E-state index contributed by atoms with van der Waals surface area (Å²) in [5, 5.41) is 9.97. The van der Waals surface area contributed by atoms with E-state index in [4.69, 9.17) is 0 Å². The van der Waals surface area contributed by atoms with Crippen LogP contribution in [0.15, 0.2) is 36.7 Å². The minimum atomic E-state index is -0.407. The molecule has 0 aliphatic heterocycles. The van der Waals surface area contributed by atoms with Crippen molar-refractivity contribution in [2.45, 2.75) is 13.0 Å². The van der Waals surface area contributed by atoms with Crippen molar-refractivity contribution in [3.63, 3.8) is 0 Å². The molecule has 19 heavy (non-hydrogen) atoms. The van der Waals surface area contributed by atoms with Crippen LogP contribution in [0.2, 0.25) is 0 Å². The van der Waals surface area contributed by atoms with Gasteiger partial charge in [-0.15, -0.1) is 0 Å². The van der Waals surface area contributed by atoms with Gasteiger partial charge in [0.05, 0.1) is 6.20 Å². The molecule has 1 unspecified atom stereocenters. The van der Waals surface area contributed by atoms with Gasteiger partial charge in [0.15, 0.2) is 0 Å². The highest BCUT2D eigenvalue weighted by atomic mass is 16.2. The van der Waals surface area contributed by atoms with Gasteiger partial charge in [-0.2, -0.15) is 5.10 Å². The minimum Gasteiger partial charge on any atom is -0.324 e. The molecule has 0 saturated carbocycles. The molecule has 2 aromatic rings. The maximum atomic E-state index is 12.2. The van der Waals surface area contributed by atoms with Gasteiger partial charge in [0.2, 0.25) is 5.91 Å². The van der Waals surface area contributed by atoms with Gasteiger partial charge in [-0.3, -0.25) is 9.48 Å². The van der Waals surface area contributed by atoms with Gasteiger partial charge in [0, 0.05) is 24.5 Å². The number of aromatic nitrogens is 2. The molecule has 1 aromatic heterocycles. The molecule has 5 heteroatoms. The van der Waals surface area contributed by atoms with Gasteiger partial charge < -0.3 is 10.6 Å². The average molecular weight is 258 g/mol. The first-order valence-electron chi connectivity index (χ1n) is 6.13. The van der Waals surface area contributed by atoms with E-state index in [1.165, 1.54) is 0 Å². The lowest BCUT2D eigenvalue weighted by Gasteiger charge is -2.14. The van der Waals surface area contributed by atoms with Gasteiger partial charge in [-0.1, -0.05) is 17.7 Å². The number of likely N-dealkylation sites (N-methyl/N-ethyl adjacent to an activating group) is 1. The number of rotatable bonds is 4. The topological polar surface area (TPSA) is 59.0 Å². The van der Waals surface area contributed by atoms with E-state index in [0.717, 1.165) is 16.8 Å². The largest absolute Gasteiger partial charge is 0.324 e. The second kappa shape index (κ2) is 5.67. The standard InChI is InChI=1S/C14H18N4O/c1-10-4-6-12(7-5-10)17-14(19)13(15-2)11-8-16-18(3)9-11/h4-9,13,15H,1-3H3,(H,17,19). The first kappa shape index (κ1) is 13.3. The summed E-state index contributed by atoms with van der Waals surface area (Å²) in [5.74, 6) is -0.0978. The van der Waals surface area contributed by atoms with Gasteiger partial charge in [0.1, 0.15) is 6.04 Å². The zero-order valence-corrected chi connectivity index (χ0v) is 11.3. The number of carbonyl (C=O) groups is 1. The predicted molar refractivity (Wildman–Crippen MR) is 74.8 cm³/mol. The van der Waals surface area contributed by atoms with Crippen LogP contribution in [0.3, 0.4) is 0 Å². The Morgan fingerprint density at radius 2 is 2.00 bits per heavy atom. The van der Waals surface area contributed by atoms with Crippen LogP contribution in [0, 0.1) is 6.92 Å². The number of nitrogens with zero attached hydrogens (tertiary/aromatic N) is 2. The van der Waals surface area contributed by atoms with E-state index in [0.29, 0.717) is 0 Å². The Kier molecular flexibility index (Phi) is 3.97. The van der Waals surface area contributed by atoms with Gasteiger partial charge in [0.25, 0.3) is 0 Å². The highest BCUT2D eigenvalue weighted by Gasteiger charge is 2.19. The van der Waals surface area contributed by atoms with Crippen molar-refractivity contribution in [3.8, 4) is 0 Å². The lowest BCUT2D eigenvalue weighted by Crippen LogP contribution is -2.30. The maximum absolute atomic E-state index is 12.2. The fourth-order valence-electron chi connectivity index (χ4n) is 1.89. The normalized spacial score (nSPS) is 12.2. The summed E-state index contributed by atoms with van der Waals surface area (Å²) in [6.45, 7) is 2.01. The highest BCUT2D eigenvalue weighted by molar-refractivity contribution is 5.95. The molecule has 0 aliphatic rings. The SMILES string of the molecule is CNC(C(=O)Nc1ccc(C)cc1)c1cnn(C)c1. The number of anilines is 1. The van der Waals surface area contributed by atoms with Crippen molar-refractivity contribution >= 4 is 11.6 Å². The summed E-state index contributed by atoms with van der Waals surface area (Å²) in [6.07, 6.45) is 3.52. The van der Waals surface area contributed by atoms with E-state index in [1.807, 2.05) is 44.4 Å². The maximum Gasteiger partial charge on any atom is 0.246 e. The molecule has 2 N–H and O–H groups in total. The number of amides is 1. The van der Waals surface area contributed by atoms with Crippen molar-refractivity contribution in [2.24, 2.45) is 7.05 Å². The summed E-state index contributed by atoms with van der Waals surface area (Å²) in [6, 6.07) is 7.31. The molecule has 0 radical (unpaired) electrons. The van der Waals surface area contributed by atoms with E-state index in [9.17, 15) is 4.79 Å². The molecular weight excluding hydrogens is 240 g/mol. The molecule has 1 aromatic carbocycles. The monoisotopic (exact) mass is 258 g/mol. The smallest absolute Gasteiger partial charge is 0.246 e.